The van der Waals surface area contributed by atoms with Crippen LogP contribution in [0.25, 0.3) is 0 Å². The second-order valence-corrected chi connectivity index (χ2v) is 5.98. The molecule has 3 nitrogen and oxygen atoms in total. The number of hydrogen-bond acceptors (Lipinski definition) is 3. The summed E-state index contributed by atoms with van der Waals surface area (Å²) in [6, 6.07) is 0.551. The summed E-state index contributed by atoms with van der Waals surface area (Å²) in [7, 11) is 3.96. The summed E-state index contributed by atoms with van der Waals surface area (Å²) < 4.78 is 5.09. The first-order valence-corrected chi connectivity index (χ1v) is 6.82. The van der Waals surface area contributed by atoms with Crippen molar-refractivity contribution in [3.8, 4) is 0 Å². The van der Waals surface area contributed by atoms with Crippen LogP contribution >= 0.6 is 0 Å². The van der Waals surface area contributed by atoms with Gasteiger partial charge in [-0.15, -0.1) is 0 Å². The number of rotatable bonds is 9. The van der Waals surface area contributed by atoms with Crippen LogP contribution in [0.15, 0.2) is 0 Å². The number of nitrogens with zero attached hydrogens (tertiary/aromatic N) is 1. The monoisotopic (exact) mass is 244 g/mol. The predicted molar refractivity (Wildman–Crippen MR) is 75.5 cm³/mol. The lowest BCUT2D eigenvalue weighted by Crippen LogP contribution is -2.48. The molecule has 3 heteroatoms. The maximum Gasteiger partial charge on any atom is 0.0474 e. The Morgan fingerprint density at radius 2 is 1.94 bits per heavy atom. The van der Waals surface area contributed by atoms with Crippen molar-refractivity contribution in [1.29, 1.82) is 0 Å². The van der Waals surface area contributed by atoms with Crippen molar-refractivity contribution < 1.29 is 4.74 Å². The quantitative estimate of drug-likeness (QED) is 0.630. The van der Waals surface area contributed by atoms with Crippen molar-refractivity contribution in [2.45, 2.75) is 46.6 Å². The van der Waals surface area contributed by atoms with Crippen molar-refractivity contribution >= 4 is 0 Å². The van der Waals surface area contributed by atoms with Crippen LogP contribution in [-0.2, 0) is 4.74 Å². The van der Waals surface area contributed by atoms with Gasteiger partial charge in [-0.25, -0.2) is 0 Å². The van der Waals surface area contributed by atoms with Gasteiger partial charge in [0.1, 0.15) is 0 Å². The van der Waals surface area contributed by atoms with E-state index in [4.69, 9.17) is 4.74 Å². The summed E-state index contributed by atoms with van der Waals surface area (Å²) in [5.74, 6) is 0. The summed E-state index contributed by atoms with van der Waals surface area (Å²) in [5.41, 5.74) is 0.310. The largest absolute Gasteiger partial charge is 0.385 e. The molecular formula is C14H32N2O. The van der Waals surface area contributed by atoms with Crippen molar-refractivity contribution in [1.82, 2.24) is 10.2 Å². The molecule has 0 aliphatic carbocycles. The smallest absolute Gasteiger partial charge is 0.0474 e. The number of ether oxygens (including phenoxy) is 1. The van der Waals surface area contributed by atoms with Gasteiger partial charge in [0.05, 0.1) is 0 Å². The van der Waals surface area contributed by atoms with Gasteiger partial charge in [0.15, 0.2) is 0 Å². The third-order valence-corrected chi connectivity index (χ3v) is 3.07. The van der Waals surface area contributed by atoms with Crippen LogP contribution in [0.3, 0.4) is 0 Å². The average Bonchev–Trinajstić information content (AvgIpc) is 2.23. The molecule has 0 aromatic carbocycles. The van der Waals surface area contributed by atoms with E-state index in [2.05, 4.69) is 45.0 Å². The third kappa shape index (κ3) is 8.58. The van der Waals surface area contributed by atoms with Crippen LogP contribution in [0, 0.1) is 5.41 Å². The summed E-state index contributed by atoms with van der Waals surface area (Å²) in [6.45, 7) is 13.3. The Labute approximate surface area is 108 Å². The van der Waals surface area contributed by atoms with Crippen LogP contribution in [-0.4, -0.2) is 51.3 Å². The number of nitrogens with one attached hydrogen (secondary N) is 1. The van der Waals surface area contributed by atoms with Gasteiger partial charge < -0.3 is 15.0 Å². The highest BCUT2D eigenvalue weighted by atomic mass is 16.5. The van der Waals surface area contributed by atoms with Crippen LogP contribution in [0.1, 0.15) is 40.5 Å². The molecule has 0 aliphatic rings. The molecule has 17 heavy (non-hydrogen) atoms. The molecule has 1 N–H and O–H groups in total. The van der Waals surface area contributed by atoms with E-state index in [0.29, 0.717) is 11.5 Å². The molecular weight excluding hydrogens is 212 g/mol. The second kappa shape index (κ2) is 8.90. The van der Waals surface area contributed by atoms with Crippen molar-refractivity contribution in [3.05, 3.63) is 0 Å². The molecule has 0 aliphatic heterocycles. The summed E-state index contributed by atoms with van der Waals surface area (Å²) in [6.07, 6.45) is 2.30. The summed E-state index contributed by atoms with van der Waals surface area (Å²) in [4.78, 5) is 2.40. The molecule has 0 aromatic rings. The molecule has 0 spiro atoms. The highest BCUT2D eigenvalue weighted by Crippen LogP contribution is 2.20. The fourth-order valence-electron chi connectivity index (χ4n) is 1.84. The molecule has 0 radical (unpaired) electrons. The molecule has 0 fully saturated rings. The van der Waals surface area contributed by atoms with Gasteiger partial charge in [-0.1, -0.05) is 27.7 Å². The van der Waals surface area contributed by atoms with E-state index in [0.717, 1.165) is 32.7 Å². The third-order valence-electron chi connectivity index (χ3n) is 3.07. The molecule has 104 valence electrons. The lowest BCUT2D eigenvalue weighted by Gasteiger charge is -2.35. The first kappa shape index (κ1) is 16.9. The molecule has 0 aromatic heterocycles. The van der Waals surface area contributed by atoms with E-state index >= 15 is 0 Å². The topological polar surface area (TPSA) is 24.5 Å². The maximum absolute atomic E-state index is 5.09. The zero-order valence-electron chi connectivity index (χ0n) is 12.7. The van der Waals surface area contributed by atoms with Gasteiger partial charge >= 0.3 is 0 Å². The molecule has 0 rings (SSSR count). The Morgan fingerprint density at radius 1 is 1.29 bits per heavy atom. The molecule has 1 unspecified atom stereocenters. The minimum Gasteiger partial charge on any atom is -0.385 e. The average molecular weight is 244 g/mol. The summed E-state index contributed by atoms with van der Waals surface area (Å²) in [5, 5.41) is 3.66. The number of methoxy groups -OCH3 is 1. The van der Waals surface area contributed by atoms with E-state index in [1.807, 2.05) is 0 Å². The first-order chi connectivity index (χ1) is 7.91. The minimum atomic E-state index is 0.310. The van der Waals surface area contributed by atoms with E-state index < -0.39 is 0 Å². The molecule has 0 saturated carbocycles. The normalized spacial score (nSPS) is 14.3. The van der Waals surface area contributed by atoms with Crippen LogP contribution in [0.4, 0.5) is 0 Å². The van der Waals surface area contributed by atoms with Crippen LogP contribution in [0.2, 0.25) is 0 Å². The van der Waals surface area contributed by atoms with Crippen molar-refractivity contribution in [2.24, 2.45) is 5.41 Å². The van der Waals surface area contributed by atoms with E-state index in [9.17, 15) is 0 Å². The molecule has 0 amide bonds. The zero-order chi connectivity index (χ0) is 13.3. The Bertz CT molecular complexity index is 178. The lowest BCUT2D eigenvalue weighted by molar-refractivity contribution is 0.160. The Kier molecular flexibility index (Phi) is 8.83. The predicted octanol–water partition coefficient (Wildman–Crippen LogP) is 2.37. The van der Waals surface area contributed by atoms with Gasteiger partial charge in [0.2, 0.25) is 0 Å². The molecule has 0 saturated heterocycles. The highest BCUT2D eigenvalue weighted by Gasteiger charge is 2.24. The van der Waals surface area contributed by atoms with E-state index in [1.54, 1.807) is 7.11 Å². The second-order valence-electron chi connectivity index (χ2n) is 5.98. The zero-order valence-corrected chi connectivity index (χ0v) is 12.7. The van der Waals surface area contributed by atoms with Gasteiger partial charge in [0.25, 0.3) is 0 Å². The van der Waals surface area contributed by atoms with Gasteiger partial charge in [-0.2, -0.15) is 0 Å². The van der Waals surface area contributed by atoms with Gasteiger partial charge in [-0.05, 0) is 31.8 Å². The van der Waals surface area contributed by atoms with Gasteiger partial charge in [-0.3, -0.25) is 0 Å². The minimum absolute atomic E-state index is 0.310. The number of hydrogen-bond donors (Lipinski definition) is 1. The van der Waals surface area contributed by atoms with Crippen molar-refractivity contribution in [2.75, 3.05) is 40.4 Å². The SMILES string of the molecule is CCCNC(CN(C)CCCOC)C(C)(C)C. The fraction of sp³-hybridized carbons (Fsp3) is 1.00. The summed E-state index contributed by atoms with van der Waals surface area (Å²) >= 11 is 0. The Hall–Kier alpha value is -0.120. The van der Waals surface area contributed by atoms with Gasteiger partial charge in [0, 0.05) is 32.8 Å². The Morgan fingerprint density at radius 3 is 2.41 bits per heavy atom. The fourth-order valence-corrected chi connectivity index (χ4v) is 1.84. The first-order valence-electron chi connectivity index (χ1n) is 6.82. The lowest BCUT2D eigenvalue weighted by atomic mass is 9.86. The molecule has 0 heterocycles. The number of likely N-dealkylation sites (N-methyl/N-ethyl adjacent to an activating group) is 1. The van der Waals surface area contributed by atoms with Crippen molar-refractivity contribution in [3.63, 3.8) is 0 Å². The Balaban J connectivity index is 4.04. The van der Waals surface area contributed by atoms with Crippen LogP contribution in [0.5, 0.6) is 0 Å². The van der Waals surface area contributed by atoms with E-state index in [1.165, 1.54) is 6.42 Å². The van der Waals surface area contributed by atoms with E-state index in [-0.39, 0.29) is 0 Å². The highest BCUT2D eigenvalue weighted by molar-refractivity contribution is 4.82. The molecule has 1 atom stereocenters. The standard InChI is InChI=1S/C14H32N2O/c1-7-9-15-13(14(2,3)4)12-16(5)10-8-11-17-6/h13,15H,7-12H2,1-6H3. The maximum atomic E-state index is 5.09. The molecule has 0 bridgehead atoms. The van der Waals surface area contributed by atoms with Crippen LogP contribution < -0.4 is 5.32 Å².